The summed E-state index contributed by atoms with van der Waals surface area (Å²) in [5, 5.41) is 6.93. The summed E-state index contributed by atoms with van der Waals surface area (Å²) in [4.78, 5) is 0. The molecule has 1 unspecified atom stereocenters. The largest absolute Gasteiger partial charge is 0.309 e. The maximum atomic E-state index is 6.26. The third kappa shape index (κ3) is 3.26. The van der Waals surface area contributed by atoms with Crippen LogP contribution in [0.25, 0.3) is 0 Å². The van der Waals surface area contributed by atoms with Crippen LogP contribution in [0.3, 0.4) is 0 Å². The maximum absolute atomic E-state index is 6.26. The van der Waals surface area contributed by atoms with Gasteiger partial charge in [0.1, 0.15) is 5.69 Å². The van der Waals surface area contributed by atoms with Crippen molar-refractivity contribution in [3.63, 3.8) is 0 Å². The van der Waals surface area contributed by atoms with Crippen LogP contribution >= 0.6 is 23.7 Å². The predicted octanol–water partition coefficient (Wildman–Crippen LogP) is 5.29. The molecule has 2 aliphatic rings. The molecule has 0 amide bonds. The third-order valence-corrected chi connectivity index (χ3v) is 7.23. The molecule has 4 nitrogen and oxygen atoms in total. The number of hydrazine groups is 1. The zero-order chi connectivity index (χ0) is 19.2. The van der Waals surface area contributed by atoms with Crippen molar-refractivity contribution in [1.29, 1.82) is 0 Å². The highest BCUT2D eigenvalue weighted by Crippen LogP contribution is 2.56. The van der Waals surface area contributed by atoms with Gasteiger partial charge in [0.25, 0.3) is 0 Å². The highest BCUT2D eigenvalue weighted by molar-refractivity contribution is 8.00. The fraction of sp³-hybridized carbons (Fsp3) is 0.429. The number of hydrogen-bond donors (Lipinski definition) is 1. The van der Waals surface area contributed by atoms with E-state index in [1.54, 1.807) is 0 Å². The van der Waals surface area contributed by atoms with E-state index in [1.165, 1.54) is 22.6 Å². The number of halogens is 1. The van der Waals surface area contributed by atoms with Crippen molar-refractivity contribution in [3.8, 4) is 0 Å². The highest BCUT2D eigenvalue weighted by atomic mass is 35.5. The van der Waals surface area contributed by atoms with Gasteiger partial charge in [0.2, 0.25) is 12.1 Å². The Balaban J connectivity index is 1.81. The van der Waals surface area contributed by atoms with E-state index >= 15 is 0 Å². The van der Waals surface area contributed by atoms with Crippen molar-refractivity contribution in [3.05, 3.63) is 53.1 Å². The molecule has 27 heavy (non-hydrogen) atoms. The molecule has 2 aromatic carbocycles. The predicted molar refractivity (Wildman–Crippen MR) is 118 cm³/mol. The van der Waals surface area contributed by atoms with E-state index in [2.05, 4.69) is 78.8 Å². The van der Waals surface area contributed by atoms with Gasteiger partial charge in [-0.25, -0.2) is 5.01 Å². The highest BCUT2D eigenvalue weighted by Gasteiger charge is 2.49. The van der Waals surface area contributed by atoms with E-state index in [1.807, 2.05) is 18.2 Å². The molecule has 2 heterocycles. The normalized spacial score (nSPS) is 28.4. The van der Waals surface area contributed by atoms with Crippen LogP contribution in [0.15, 0.2) is 42.5 Å². The summed E-state index contributed by atoms with van der Waals surface area (Å²) in [6, 6.07) is 16.1. The van der Waals surface area contributed by atoms with Crippen molar-refractivity contribution < 1.29 is 0 Å². The molecule has 1 N–H and O–H groups in total. The first-order valence-electron chi connectivity index (χ1n) is 9.69. The molecular formula is C21H28ClN4S+. The topological polar surface area (TPSA) is 18.5 Å². The van der Waals surface area contributed by atoms with Crippen molar-refractivity contribution >= 4 is 40.8 Å². The van der Waals surface area contributed by atoms with Gasteiger partial charge in [0.05, 0.1) is 6.54 Å². The first kappa shape index (κ1) is 19.1. The molecule has 3 atom stereocenters. The van der Waals surface area contributed by atoms with Crippen LogP contribution in [0.1, 0.15) is 26.3 Å². The number of quaternary nitrogens is 1. The number of fused-ring (bicyclic) bond motifs is 1. The minimum atomic E-state index is 0.475. The number of nitrogens with zero attached hydrogens (tertiary/aromatic N) is 3. The van der Waals surface area contributed by atoms with Gasteiger partial charge in [0, 0.05) is 47.9 Å². The Morgan fingerprint density at radius 2 is 1.81 bits per heavy atom. The fourth-order valence-electron chi connectivity index (χ4n) is 4.40. The molecule has 1 saturated heterocycles. The Hall–Kier alpha value is -1.24. The van der Waals surface area contributed by atoms with Crippen molar-refractivity contribution in [1.82, 2.24) is 14.2 Å². The Bertz CT molecular complexity index is 835. The summed E-state index contributed by atoms with van der Waals surface area (Å²) in [5.74, 6) is 0. The Morgan fingerprint density at radius 3 is 2.48 bits per heavy atom. The number of piperazine rings is 1. The van der Waals surface area contributed by atoms with Crippen molar-refractivity contribution in [2.75, 3.05) is 24.0 Å². The van der Waals surface area contributed by atoms with Crippen LogP contribution in [0, 0.1) is 6.92 Å². The number of para-hydroxylation sites is 2. The van der Waals surface area contributed by atoms with E-state index in [-0.39, 0.29) is 0 Å². The third-order valence-electron chi connectivity index (χ3n) is 5.48. The van der Waals surface area contributed by atoms with Gasteiger partial charge in [-0.1, -0.05) is 23.7 Å². The van der Waals surface area contributed by atoms with Gasteiger partial charge in [-0.2, -0.15) is 8.30 Å². The van der Waals surface area contributed by atoms with Crippen LogP contribution in [-0.4, -0.2) is 36.7 Å². The molecule has 0 bridgehead atoms. The summed E-state index contributed by atoms with van der Waals surface area (Å²) in [7, 11) is 0. The van der Waals surface area contributed by atoms with Crippen LogP contribution in [-0.2, 0) is 0 Å². The van der Waals surface area contributed by atoms with Gasteiger partial charge in [-0.15, -0.1) is 0 Å². The minimum Gasteiger partial charge on any atom is -0.309 e. The Kier molecular flexibility index (Phi) is 5.16. The zero-order valence-electron chi connectivity index (χ0n) is 16.4. The first-order valence-corrected chi connectivity index (χ1v) is 10.8. The monoisotopic (exact) mass is 403 g/mol. The lowest BCUT2D eigenvalue weighted by Crippen LogP contribution is -2.58. The lowest BCUT2D eigenvalue weighted by molar-refractivity contribution is 0.186. The van der Waals surface area contributed by atoms with Crippen LogP contribution in [0.2, 0.25) is 5.02 Å². The fourth-order valence-corrected chi connectivity index (χ4v) is 6.02. The van der Waals surface area contributed by atoms with E-state index in [0.717, 1.165) is 28.5 Å². The van der Waals surface area contributed by atoms with Crippen LogP contribution in [0.5, 0.6) is 0 Å². The number of anilines is 1. The standard InChI is InChI=1S/C21H28ClN4S/c1-5-26(20-11-10-18(22)12-15(20)2)21-9-7-6-8-19(21)25(27-26)24-13-16(3)23-17(4)14-24/h6-12,16-17,23H,5,13-14H2,1-4H3/q+1/t16-,17+,26?. The van der Waals surface area contributed by atoms with Gasteiger partial charge < -0.3 is 5.32 Å². The number of benzene rings is 2. The molecule has 4 rings (SSSR count). The number of hydrogen-bond acceptors (Lipinski definition) is 4. The quantitative estimate of drug-likeness (QED) is 0.554. The second kappa shape index (κ2) is 7.30. The van der Waals surface area contributed by atoms with Crippen molar-refractivity contribution in [2.45, 2.75) is 39.8 Å². The van der Waals surface area contributed by atoms with E-state index < -0.39 is 0 Å². The number of aryl methyl sites for hydroxylation is 1. The summed E-state index contributed by atoms with van der Waals surface area (Å²) in [5.41, 5.74) is 5.17. The van der Waals surface area contributed by atoms with Crippen LogP contribution in [0.4, 0.5) is 17.1 Å². The number of rotatable bonds is 3. The molecule has 144 valence electrons. The molecule has 2 aromatic rings. The summed E-state index contributed by atoms with van der Waals surface area (Å²) in [6.07, 6.45) is 0. The first-order chi connectivity index (χ1) is 12.9. The van der Waals surface area contributed by atoms with Crippen LogP contribution < -0.4 is 13.6 Å². The zero-order valence-corrected chi connectivity index (χ0v) is 18.0. The van der Waals surface area contributed by atoms with E-state index in [4.69, 9.17) is 11.6 Å². The molecule has 6 heteroatoms. The average molecular weight is 404 g/mol. The molecule has 1 fully saturated rings. The van der Waals surface area contributed by atoms with Gasteiger partial charge in [-0.3, -0.25) is 0 Å². The van der Waals surface area contributed by atoms with E-state index in [9.17, 15) is 0 Å². The van der Waals surface area contributed by atoms with Crippen molar-refractivity contribution in [2.24, 2.45) is 0 Å². The molecule has 0 aromatic heterocycles. The lowest BCUT2D eigenvalue weighted by atomic mass is 10.1. The van der Waals surface area contributed by atoms with Gasteiger partial charge in [0.15, 0.2) is 11.4 Å². The summed E-state index contributed by atoms with van der Waals surface area (Å²) < 4.78 is 3.19. The van der Waals surface area contributed by atoms with Gasteiger partial charge >= 0.3 is 0 Å². The molecule has 0 radical (unpaired) electrons. The summed E-state index contributed by atoms with van der Waals surface area (Å²) >= 11 is 8.15. The lowest BCUT2D eigenvalue weighted by Gasteiger charge is -2.40. The smallest absolute Gasteiger partial charge is 0.229 e. The maximum Gasteiger partial charge on any atom is 0.229 e. The molecule has 0 spiro atoms. The SMILES string of the molecule is CC[N+]1(c2ccc(Cl)cc2C)SN(N2C[C@@H](C)N[C@@H](C)C2)c2ccccc21. The molecule has 2 aliphatic heterocycles. The van der Waals surface area contributed by atoms with Gasteiger partial charge in [-0.05, 0) is 45.9 Å². The Morgan fingerprint density at radius 1 is 1.11 bits per heavy atom. The van der Waals surface area contributed by atoms with E-state index in [0.29, 0.717) is 12.1 Å². The second-order valence-corrected chi connectivity index (χ2v) is 9.24. The molecular weight excluding hydrogens is 376 g/mol. The number of nitrogens with one attached hydrogen (secondary N) is 1. The summed E-state index contributed by atoms with van der Waals surface area (Å²) in [6.45, 7) is 11.9. The molecule has 0 aliphatic carbocycles. The molecule has 0 saturated carbocycles. The second-order valence-electron chi connectivity index (χ2n) is 7.67. The minimum absolute atomic E-state index is 0.475. The average Bonchev–Trinajstić information content (AvgIpc) is 2.97. The Labute approximate surface area is 171 Å².